The Morgan fingerprint density at radius 3 is 2.43 bits per heavy atom. The van der Waals surface area contributed by atoms with Crippen LogP contribution in [0.25, 0.3) is 10.8 Å². The third-order valence-electron chi connectivity index (χ3n) is 3.74. The maximum atomic E-state index is 10.8. The Morgan fingerprint density at radius 1 is 0.952 bits per heavy atom. The molecule has 1 atom stereocenters. The zero-order valence-corrected chi connectivity index (χ0v) is 13.8. The van der Waals surface area contributed by atoms with Gasteiger partial charge in [-0.3, -0.25) is 0 Å². The molecule has 106 valence electrons. The van der Waals surface area contributed by atoms with E-state index in [9.17, 15) is 5.11 Å². The van der Waals surface area contributed by atoms with E-state index in [2.05, 4.69) is 15.9 Å². The SMILES string of the molecule is Cc1ccc(Cl)cc1C(O)c1ccc(Br)c2ccccc12. The fourth-order valence-corrected chi connectivity index (χ4v) is 3.26. The number of aliphatic hydroxyl groups is 1. The molecule has 0 saturated heterocycles. The van der Waals surface area contributed by atoms with Crippen molar-refractivity contribution in [2.75, 3.05) is 0 Å². The van der Waals surface area contributed by atoms with Crippen LogP contribution in [0, 0.1) is 6.92 Å². The topological polar surface area (TPSA) is 20.2 Å². The molecule has 0 aromatic heterocycles. The van der Waals surface area contributed by atoms with Crippen molar-refractivity contribution >= 4 is 38.3 Å². The van der Waals surface area contributed by atoms with Gasteiger partial charge in [0.05, 0.1) is 0 Å². The first-order valence-corrected chi connectivity index (χ1v) is 7.86. The maximum Gasteiger partial charge on any atom is 0.105 e. The monoisotopic (exact) mass is 360 g/mol. The standard InChI is InChI=1S/C18H14BrClO/c1-11-6-7-12(20)10-16(11)18(21)15-8-9-17(19)14-5-3-2-4-13(14)15/h2-10,18,21H,1H3. The zero-order valence-electron chi connectivity index (χ0n) is 11.5. The van der Waals surface area contributed by atoms with Gasteiger partial charge in [-0.05, 0) is 52.6 Å². The van der Waals surface area contributed by atoms with Crippen molar-refractivity contribution in [3.63, 3.8) is 0 Å². The number of aliphatic hydroxyl groups excluding tert-OH is 1. The van der Waals surface area contributed by atoms with E-state index < -0.39 is 6.10 Å². The van der Waals surface area contributed by atoms with Crippen LogP contribution in [0.1, 0.15) is 22.8 Å². The second-order valence-corrected chi connectivity index (χ2v) is 6.38. The van der Waals surface area contributed by atoms with E-state index in [1.807, 2.05) is 61.5 Å². The van der Waals surface area contributed by atoms with Crippen molar-refractivity contribution in [3.8, 4) is 0 Å². The lowest BCUT2D eigenvalue weighted by molar-refractivity contribution is 0.221. The minimum Gasteiger partial charge on any atom is -0.384 e. The van der Waals surface area contributed by atoms with Gasteiger partial charge >= 0.3 is 0 Å². The molecule has 0 amide bonds. The highest BCUT2D eigenvalue weighted by atomic mass is 79.9. The number of hydrogen-bond donors (Lipinski definition) is 1. The van der Waals surface area contributed by atoms with Crippen molar-refractivity contribution in [3.05, 3.63) is 80.8 Å². The molecule has 0 radical (unpaired) electrons. The summed E-state index contributed by atoms with van der Waals surface area (Å²) in [6.07, 6.45) is -0.693. The summed E-state index contributed by atoms with van der Waals surface area (Å²) >= 11 is 9.63. The second kappa shape index (κ2) is 5.80. The molecule has 1 nitrogen and oxygen atoms in total. The maximum absolute atomic E-state index is 10.8. The van der Waals surface area contributed by atoms with E-state index in [-0.39, 0.29) is 0 Å². The molecular formula is C18H14BrClO. The predicted molar refractivity (Wildman–Crippen MR) is 91.9 cm³/mol. The van der Waals surface area contributed by atoms with Crippen LogP contribution in [0.2, 0.25) is 5.02 Å². The molecule has 3 aromatic rings. The number of rotatable bonds is 2. The van der Waals surface area contributed by atoms with Crippen LogP contribution < -0.4 is 0 Å². The normalized spacial score (nSPS) is 12.6. The van der Waals surface area contributed by atoms with E-state index in [0.29, 0.717) is 5.02 Å². The molecule has 0 aliphatic rings. The van der Waals surface area contributed by atoms with E-state index in [0.717, 1.165) is 31.9 Å². The Labute approximate surface area is 137 Å². The fraction of sp³-hybridized carbons (Fsp3) is 0.111. The molecular weight excluding hydrogens is 348 g/mol. The van der Waals surface area contributed by atoms with Gasteiger partial charge in [0, 0.05) is 9.50 Å². The summed E-state index contributed by atoms with van der Waals surface area (Å²) in [5, 5.41) is 13.6. The largest absolute Gasteiger partial charge is 0.384 e. The molecule has 0 spiro atoms. The Hall–Kier alpha value is -1.35. The van der Waals surface area contributed by atoms with Crippen molar-refractivity contribution in [2.24, 2.45) is 0 Å². The van der Waals surface area contributed by atoms with Crippen LogP contribution in [0.4, 0.5) is 0 Å². The van der Waals surface area contributed by atoms with Gasteiger partial charge in [0.2, 0.25) is 0 Å². The molecule has 21 heavy (non-hydrogen) atoms. The highest BCUT2D eigenvalue weighted by Crippen LogP contribution is 2.34. The van der Waals surface area contributed by atoms with Gasteiger partial charge in [-0.2, -0.15) is 0 Å². The van der Waals surface area contributed by atoms with Crippen molar-refractivity contribution in [1.82, 2.24) is 0 Å². The Bertz CT molecular complexity index is 813. The van der Waals surface area contributed by atoms with Crippen molar-refractivity contribution < 1.29 is 5.11 Å². The molecule has 3 heteroatoms. The lowest BCUT2D eigenvalue weighted by Crippen LogP contribution is -2.03. The average molecular weight is 362 g/mol. The summed E-state index contributed by atoms with van der Waals surface area (Å²) in [5.74, 6) is 0. The Morgan fingerprint density at radius 2 is 1.67 bits per heavy atom. The first-order valence-electron chi connectivity index (χ1n) is 6.69. The number of fused-ring (bicyclic) bond motifs is 1. The van der Waals surface area contributed by atoms with Crippen LogP contribution in [0.15, 0.2) is 59.1 Å². The Balaban J connectivity index is 2.20. The first kappa shape index (κ1) is 14.6. The van der Waals surface area contributed by atoms with Gasteiger partial charge in [0.1, 0.15) is 6.10 Å². The summed E-state index contributed by atoms with van der Waals surface area (Å²) in [7, 11) is 0. The van der Waals surface area contributed by atoms with Gasteiger partial charge in [-0.25, -0.2) is 0 Å². The predicted octanol–water partition coefficient (Wildman–Crippen LogP) is 5.65. The summed E-state index contributed by atoms with van der Waals surface area (Å²) in [6, 6.07) is 17.6. The third-order valence-corrected chi connectivity index (χ3v) is 4.66. The van der Waals surface area contributed by atoms with Crippen molar-refractivity contribution in [2.45, 2.75) is 13.0 Å². The summed E-state index contributed by atoms with van der Waals surface area (Å²) in [6.45, 7) is 1.98. The number of hydrogen-bond acceptors (Lipinski definition) is 1. The first-order chi connectivity index (χ1) is 10.1. The van der Waals surface area contributed by atoms with Gasteiger partial charge in [0.15, 0.2) is 0 Å². The highest BCUT2D eigenvalue weighted by Gasteiger charge is 2.16. The molecule has 0 aliphatic carbocycles. The van der Waals surface area contributed by atoms with Gasteiger partial charge < -0.3 is 5.11 Å². The highest BCUT2D eigenvalue weighted by molar-refractivity contribution is 9.10. The van der Waals surface area contributed by atoms with E-state index >= 15 is 0 Å². The van der Waals surface area contributed by atoms with Crippen LogP contribution in [-0.4, -0.2) is 5.11 Å². The molecule has 0 saturated carbocycles. The zero-order chi connectivity index (χ0) is 15.0. The van der Waals surface area contributed by atoms with Gasteiger partial charge in [0.25, 0.3) is 0 Å². The molecule has 0 bridgehead atoms. The van der Waals surface area contributed by atoms with Crippen molar-refractivity contribution in [1.29, 1.82) is 0 Å². The Kier molecular flexibility index (Phi) is 4.03. The number of benzene rings is 3. The molecule has 0 aliphatic heterocycles. The van der Waals surface area contributed by atoms with E-state index in [1.54, 1.807) is 0 Å². The summed E-state index contributed by atoms with van der Waals surface area (Å²) in [5.41, 5.74) is 2.76. The molecule has 3 rings (SSSR count). The van der Waals surface area contributed by atoms with E-state index in [1.165, 1.54) is 0 Å². The lowest BCUT2D eigenvalue weighted by Gasteiger charge is -2.17. The molecule has 0 heterocycles. The third kappa shape index (κ3) is 2.71. The van der Waals surface area contributed by atoms with Crippen LogP contribution in [0.5, 0.6) is 0 Å². The molecule has 1 N–H and O–H groups in total. The second-order valence-electron chi connectivity index (χ2n) is 5.09. The fourth-order valence-electron chi connectivity index (χ4n) is 2.60. The van der Waals surface area contributed by atoms with Crippen LogP contribution in [0.3, 0.4) is 0 Å². The molecule has 1 unspecified atom stereocenters. The van der Waals surface area contributed by atoms with E-state index in [4.69, 9.17) is 11.6 Å². The van der Waals surface area contributed by atoms with Gasteiger partial charge in [-0.15, -0.1) is 0 Å². The lowest BCUT2D eigenvalue weighted by atomic mass is 9.93. The number of aryl methyl sites for hydroxylation is 1. The minimum atomic E-state index is -0.693. The van der Waals surface area contributed by atoms with Crippen LogP contribution in [-0.2, 0) is 0 Å². The molecule has 3 aromatic carbocycles. The smallest absolute Gasteiger partial charge is 0.105 e. The molecule has 0 fully saturated rings. The number of halogens is 2. The van der Waals surface area contributed by atoms with Crippen LogP contribution >= 0.6 is 27.5 Å². The summed E-state index contributed by atoms with van der Waals surface area (Å²) in [4.78, 5) is 0. The average Bonchev–Trinajstić information content (AvgIpc) is 2.50. The van der Waals surface area contributed by atoms with Gasteiger partial charge in [-0.1, -0.05) is 63.9 Å². The quantitative estimate of drug-likeness (QED) is 0.625. The summed E-state index contributed by atoms with van der Waals surface area (Å²) < 4.78 is 1.02. The minimum absolute atomic E-state index is 0.635.